The SMILES string of the molecule is Cc1ccc(C(C)C)c(OCC(O)CN2C(N3CCCCC3)=NC3C2C(=O)NC(=O)N3C)c1. The number of carbonyl (C=O) groups is 2. The zero-order valence-electron chi connectivity index (χ0n) is 20.0. The molecule has 2 N–H and O–H groups in total. The number of rotatable bonds is 6. The first-order chi connectivity index (χ1) is 15.8. The molecule has 3 unspecified atom stereocenters. The number of aliphatic hydroxyl groups is 1. The molecule has 180 valence electrons. The Kier molecular flexibility index (Phi) is 6.78. The molecule has 0 saturated carbocycles. The number of carbonyl (C=O) groups excluding carboxylic acids is 2. The molecule has 0 bridgehead atoms. The van der Waals surface area contributed by atoms with Crippen LogP contribution in [-0.4, -0.2) is 89.3 Å². The van der Waals surface area contributed by atoms with Crippen LogP contribution in [0.25, 0.3) is 0 Å². The number of aryl methyl sites for hydroxylation is 1. The fraction of sp³-hybridized carbons (Fsp3) is 0.625. The number of piperidine rings is 1. The van der Waals surface area contributed by atoms with Gasteiger partial charge in [-0.15, -0.1) is 0 Å². The average molecular weight is 458 g/mol. The van der Waals surface area contributed by atoms with Gasteiger partial charge in [0, 0.05) is 20.1 Å². The number of aliphatic imine (C=N–C) groups is 1. The van der Waals surface area contributed by atoms with E-state index in [1.807, 2.05) is 17.9 Å². The van der Waals surface area contributed by atoms with Gasteiger partial charge in [-0.05, 0) is 49.3 Å². The van der Waals surface area contributed by atoms with Gasteiger partial charge >= 0.3 is 6.03 Å². The number of hydrogen-bond donors (Lipinski definition) is 2. The lowest BCUT2D eigenvalue weighted by Gasteiger charge is -2.39. The van der Waals surface area contributed by atoms with Gasteiger partial charge in [0.15, 0.2) is 18.2 Å². The zero-order chi connectivity index (χ0) is 23.7. The molecule has 33 heavy (non-hydrogen) atoms. The quantitative estimate of drug-likeness (QED) is 0.677. The van der Waals surface area contributed by atoms with E-state index < -0.39 is 24.3 Å². The van der Waals surface area contributed by atoms with E-state index in [9.17, 15) is 14.7 Å². The van der Waals surface area contributed by atoms with E-state index in [0.29, 0.717) is 11.9 Å². The number of guanidine groups is 1. The number of fused-ring (bicyclic) bond motifs is 1. The summed E-state index contributed by atoms with van der Waals surface area (Å²) in [7, 11) is 1.64. The van der Waals surface area contributed by atoms with E-state index in [0.717, 1.165) is 42.8 Å². The van der Waals surface area contributed by atoms with Gasteiger partial charge in [0.2, 0.25) is 0 Å². The highest BCUT2D eigenvalue weighted by Gasteiger charge is 2.50. The predicted octanol–water partition coefficient (Wildman–Crippen LogP) is 1.89. The van der Waals surface area contributed by atoms with E-state index in [-0.39, 0.29) is 19.1 Å². The number of aliphatic hydroxyl groups excluding tert-OH is 1. The lowest BCUT2D eigenvalue weighted by molar-refractivity contribution is -0.127. The Labute approximate surface area is 195 Å². The normalized spacial score (nSPS) is 24.1. The molecule has 9 nitrogen and oxygen atoms in total. The number of likely N-dealkylation sites (tertiary alicyclic amines) is 1. The maximum absolute atomic E-state index is 12.8. The number of β-amino-alcohol motifs (C(OH)–C–C–N with tert-alkyl or cyclic N) is 1. The molecule has 0 aliphatic carbocycles. The number of amides is 3. The average Bonchev–Trinajstić information content (AvgIpc) is 3.16. The van der Waals surface area contributed by atoms with Crippen molar-refractivity contribution in [2.45, 2.75) is 64.3 Å². The molecule has 0 spiro atoms. The number of nitrogens with zero attached hydrogens (tertiary/aromatic N) is 4. The van der Waals surface area contributed by atoms with Gasteiger partial charge in [-0.25, -0.2) is 9.79 Å². The van der Waals surface area contributed by atoms with Gasteiger partial charge < -0.3 is 24.5 Å². The van der Waals surface area contributed by atoms with Crippen molar-refractivity contribution in [2.24, 2.45) is 4.99 Å². The molecule has 3 atom stereocenters. The summed E-state index contributed by atoms with van der Waals surface area (Å²) in [5.41, 5.74) is 2.19. The van der Waals surface area contributed by atoms with Crippen LogP contribution >= 0.6 is 0 Å². The Morgan fingerprint density at radius 3 is 2.64 bits per heavy atom. The van der Waals surface area contributed by atoms with Crippen LogP contribution in [-0.2, 0) is 4.79 Å². The Balaban J connectivity index is 1.51. The number of imide groups is 1. The fourth-order valence-corrected chi connectivity index (χ4v) is 4.77. The molecule has 3 aliphatic heterocycles. The zero-order valence-corrected chi connectivity index (χ0v) is 20.0. The standard InChI is InChI=1S/C24H35N5O4/c1-15(2)18-9-8-16(3)12-19(18)33-14-17(30)13-29-20-21(27(4)24(32)26-22(20)31)25-23(29)28-10-6-5-7-11-28/h8-9,12,15,17,20-21,30H,5-7,10-11,13-14H2,1-4H3,(H,26,31,32). The fourth-order valence-electron chi connectivity index (χ4n) is 4.77. The van der Waals surface area contributed by atoms with Gasteiger partial charge in [0.25, 0.3) is 5.91 Å². The predicted molar refractivity (Wildman–Crippen MR) is 125 cm³/mol. The minimum absolute atomic E-state index is 0.0979. The van der Waals surface area contributed by atoms with Crippen LogP contribution in [0.1, 0.15) is 50.2 Å². The highest BCUT2D eigenvalue weighted by Crippen LogP contribution is 2.29. The molecule has 2 saturated heterocycles. The summed E-state index contributed by atoms with van der Waals surface area (Å²) in [5.74, 6) is 1.37. The maximum Gasteiger partial charge on any atom is 0.325 e. The summed E-state index contributed by atoms with van der Waals surface area (Å²) >= 11 is 0. The lowest BCUT2D eigenvalue weighted by Crippen LogP contribution is -2.65. The van der Waals surface area contributed by atoms with Gasteiger partial charge in [-0.2, -0.15) is 0 Å². The van der Waals surface area contributed by atoms with Crippen molar-refractivity contribution in [3.8, 4) is 5.75 Å². The van der Waals surface area contributed by atoms with Crippen LogP contribution in [0.5, 0.6) is 5.75 Å². The second-order valence-corrected chi connectivity index (χ2v) is 9.55. The van der Waals surface area contributed by atoms with Crippen molar-refractivity contribution in [1.82, 2.24) is 20.0 Å². The van der Waals surface area contributed by atoms with E-state index in [1.54, 1.807) is 7.05 Å². The minimum atomic E-state index is -0.838. The molecule has 3 heterocycles. The number of ether oxygens (including phenoxy) is 1. The third-order valence-corrected chi connectivity index (χ3v) is 6.61. The molecule has 3 aliphatic rings. The van der Waals surface area contributed by atoms with Crippen molar-refractivity contribution in [3.05, 3.63) is 29.3 Å². The third kappa shape index (κ3) is 4.78. The minimum Gasteiger partial charge on any atom is -0.491 e. The summed E-state index contributed by atoms with van der Waals surface area (Å²) < 4.78 is 6.04. The first-order valence-electron chi connectivity index (χ1n) is 11.8. The number of urea groups is 1. The second-order valence-electron chi connectivity index (χ2n) is 9.55. The van der Waals surface area contributed by atoms with Crippen LogP contribution in [0.4, 0.5) is 4.79 Å². The number of benzene rings is 1. The molecule has 1 aromatic rings. The highest BCUT2D eigenvalue weighted by atomic mass is 16.5. The van der Waals surface area contributed by atoms with Gasteiger partial charge in [-0.3, -0.25) is 10.1 Å². The molecule has 4 rings (SSSR count). The van der Waals surface area contributed by atoms with Crippen molar-refractivity contribution in [1.29, 1.82) is 0 Å². The van der Waals surface area contributed by atoms with Gasteiger partial charge in [0.1, 0.15) is 18.5 Å². The summed E-state index contributed by atoms with van der Waals surface area (Å²) in [5, 5.41) is 13.3. The molecule has 0 aromatic heterocycles. The van der Waals surface area contributed by atoms with Gasteiger partial charge in [-0.1, -0.05) is 26.0 Å². The van der Waals surface area contributed by atoms with Gasteiger partial charge in [0.05, 0.1) is 6.54 Å². The van der Waals surface area contributed by atoms with Crippen LogP contribution < -0.4 is 10.1 Å². The third-order valence-electron chi connectivity index (χ3n) is 6.61. The number of likely N-dealkylation sites (N-methyl/N-ethyl adjacent to an activating group) is 1. The smallest absolute Gasteiger partial charge is 0.325 e. The van der Waals surface area contributed by atoms with Crippen molar-refractivity contribution < 1.29 is 19.4 Å². The molecule has 9 heteroatoms. The molecule has 2 fully saturated rings. The van der Waals surface area contributed by atoms with E-state index in [1.165, 1.54) is 11.3 Å². The largest absolute Gasteiger partial charge is 0.491 e. The summed E-state index contributed by atoms with van der Waals surface area (Å²) in [6.07, 6.45) is 1.84. The molecule has 3 amide bonds. The Hall–Kier alpha value is -2.81. The Morgan fingerprint density at radius 1 is 1.21 bits per heavy atom. The second kappa shape index (κ2) is 9.59. The topological polar surface area (TPSA) is 97.7 Å². The van der Waals surface area contributed by atoms with Crippen molar-refractivity contribution >= 4 is 17.9 Å². The summed E-state index contributed by atoms with van der Waals surface area (Å²) in [4.78, 5) is 35.2. The molecule has 1 aromatic carbocycles. The Morgan fingerprint density at radius 2 is 1.94 bits per heavy atom. The number of hydrogen-bond acceptors (Lipinski definition) is 7. The molecule has 0 radical (unpaired) electrons. The first-order valence-corrected chi connectivity index (χ1v) is 11.8. The van der Waals surface area contributed by atoms with Crippen LogP contribution in [0.2, 0.25) is 0 Å². The summed E-state index contributed by atoms with van der Waals surface area (Å²) in [6, 6.07) is 5.00. The highest BCUT2D eigenvalue weighted by molar-refractivity contribution is 6.03. The van der Waals surface area contributed by atoms with Crippen molar-refractivity contribution in [3.63, 3.8) is 0 Å². The maximum atomic E-state index is 12.8. The van der Waals surface area contributed by atoms with Crippen molar-refractivity contribution in [2.75, 3.05) is 33.3 Å². The monoisotopic (exact) mass is 457 g/mol. The molecular weight excluding hydrogens is 422 g/mol. The van der Waals surface area contributed by atoms with E-state index in [4.69, 9.17) is 9.73 Å². The van der Waals surface area contributed by atoms with E-state index in [2.05, 4.69) is 36.2 Å². The summed E-state index contributed by atoms with van der Waals surface area (Å²) in [6.45, 7) is 8.22. The number of nitrogens with one attached hydrogen (secondary N) is 1. The van der Waals surface area contributed by atoms with E-state index >= 15 is 0 Å². The van der Waals surface area contributed by atoms with Crippen LogP contribution in [0.3, 0.4) is 0 Å². The van der Waals surface area contributed by atoms with Crippen LogP contribution in [0.15, 0.2) is 23.2 Å². The molecular formula is C24H35N5O4. The van der Waals surface area contributed by atoms with Crippen LogP contribution in [0, 0.1) is 6.92 Å². The Bertz CT molecular complexity index is 927. The lowest BCUT2D eigenvalue weighted by atomic mass is 10.0. The first kappa shape index (κ1) is 23.4.